The van der Waals surface area contributed by atoms with Gasteiger partial charge in [0.05, 0.1) is 5.69 Å². The minimum Gasteiger partial charge on any atom is -0.476 e. The number of nitrogens with zero attached hydrogens (tertiary/aromatic N) is 3. The fourth-order valence-corrected chi connectivity index (χ4v) is 4.76. The second-order valence-corrected chi connectivity index (χ2v) is 10.00. The quantitative estimate of drug-likeness (QED) is 0.205. The molecule has 4 aromatic rings. The molecule has 2 N–H and O–H groups in total. The summed E-state index contributed by atoms with van der Waals surface area (Å²) in [5.41, 5.74) is 2.37. The molecule has 0 unspecified atom stereocenters. The molecule has 2 atom stereocenters. The van der Waals surface area contributed by atoms with Gasteiger partial charge in [-0.2, -0.15) is 0 Å². The van der Waals surface area contributed by atoms with Crippen molar-refractivity contribution in [3.63, 3.8) is 0 Å². The van der Waals surface area contributed by atoms with Crippen molar-refractivity contribution in [2.24, 2.45) is 18.9 Å². The molecule has 0 bridgehead atoms. The van der Waals surface area contributed by atoms with Crippen LogP contribution in [-0.4, -0.2) is 39.6 Å². The highest BCUT2D eigenvalue weighted by atomic mass is 16.7. The van der Waals surface area contributed by atoms with Crippen molar-refractivity contribution in [1.29, 1.82) is 0 Å². The molecule has 4 rings (SSSR count). The minimum atomic E-state index is -1.21. The molecule has 0 saturated heterocycles. The molecule has 10 heteroatoms. The fraction of sp³-hybridized carbons (Fsp3) is 0.333. The summed E-state index contributed by atoms with van der Waals surface area (Å²) in [6.07, 6.45) is 2.53. The first kappa shape index (κ1) is 28.4. The van der Waals surface area contributed by atoms with Gasteiger partial charge in [-0.1, -0.05) is 57.2 Å². The molecule has 1 amide bonds. The van der Waals surface area contributed by atoms with Crippen LogP contribution in [0.4, 0.5) is 5.69 Å². The molecule has 2 aromatic heterocycles. The van der Waals surface area contributed by atoms with Crippen LogP contribution in [0.5, 0.6) is 0 Å². The average Bonchev–Trinajstić information content (AvgIpc) is 3.50. The van der Waals surface area contributed by atoms with Gasteiger partial charge in [-0.15, -0.1) is 0 Å². The van der Waals surface area contributed by atoms with Crippen molar-refractivity contribution < 1.29 is 28.7 Å². The van der Waals surface area contributed by atoms with E-state index in [1.807, 2.05) is 60.3 Å². The Kier molecular flexibility index (Phi) is 8.57. The number of aromatic carboxylic acids is 1. The number of rotatable bonds is 11. The second kappa shape index (κ2) is 12.1. The summed E-state index contributed by atoms with van der Waals surface area (Å²) >= 11 is 0. The first-order valence-electron chi connectivity index (χ1n) is 13.2. The van der Waals surface area contributed by atoms with E-state index >= 15 is 0 Å². The van der Waals surface area contributed by atoms with Gasteiger partial charge in [-0.25, -0.2) is 19.6 Å². The summed E-state index contributed by atoms with van der Waals surface area (Å²) < 4.78 is 7.84. The summed E-state index contributed by atoms with van der Waals surface area (Å²) in [6.45, 7) is 5.29. The number of nitrogens with one attached hydrogen (secondary N) is 1. The van der Waals surface area contributed by atoms with Gasteiger partial charge in [-0.05, 0) is 29.7 Å². The lowest BCUT2D eigenvalue weighted by Crippen LogP contribution is -2.43. The first-order chi connectivity index (χ1) is 19.1. The maximum atomic E-state index is 13.7. The summed E-state index contributed by atoms with van der Waals surface area (Å²) in [6, 6.07) is 16.1. The average molecular weight is 547 g/mol. The van der Waals surface area contributed by atoms with E-state index in [1.165, 1.54) is 5.06 Å². The number of aromatic nitrogens is 2. The Morgan fingerprint density at radius 2 is 1.77 bits per heavy atom. The van der Waals surface area contributed by atoms with Crippen LogP contribution in [0.25, 0.3) is 10.9 Å². The number of hydroxylamine groups is 1. The van der Waals surface area contributed by atoms with Crippen LogP contribution in [0.2, 0.25) is 0 Å². The van der Waals surface area contributed by atoms with Gasteiger partial charge >= 0.3 is 11.9 Å². The topological polar surface area (TPSA) is 127 Å². The number of carbonyl (C=O) groups is 3. The molecule has 210 valence electrons. The molecule has 0 aliphatic carbocycles. The van der Waals surface area contributed by atoms with Gasteiger partial charge in [-0.3, -0.25) is 4.79 Å². The maximum Gasteiger partial charge on any atom is 0.358 e. The standard InChI is InChI=1S/C30H34N4O6/c1-6-24-26(29(36)37)32-28(39-24)22(16-19-17-33(4)23-15-11-10-14-21(19)23)31-27(35)25(18(2)3)30(38)40-34(5)20-12-8-7-9-13-20/h7-15,17-18,22,25H,6,16H2,1-5H3,(H,31,35)(H,36,37)/t22-,25+/m1/s1. The number of oxazole rings is 1. The third-order valence-corrected chi connectivity index (χ3v) is 6.81. The van der Waals surface area contributed by atoms with Crippen molar-refractivity contribution in [3.05, 3.63) is 83.7 Å². The Hall–Kier alpha value is -4.60. The van der Waals surface area contributed by atoms with Crippen molar-refractivity contribution in [2.45, 2.75) is 39.7 Å². The second-order valence-electron chi connectivity index (χ2n) is 10.00. The number of anilines is 1. The molecule has 10 nitrogen and oxygen atoms in total. The molecule has 0 spiro atoms. The van der Waals surface area contributed by atoms with Crippen LogP contribution in [0, 0.1) is 11.8 Å². The summed E-state index contributed by atoms with van der Waals surface area (Å²) in [5.74, 6) is -3.75. The van der Waals surface area contributed by atoms with E-state index in [0.29, 0.717) is 12.1 Å². The van der Waals surface area contributed by atoms with Crippen molar-refractivity contribution in [3.8, 4) is 0 Å². The smallest absolute Gasteiger partial charge is 0.358 e. The van der Waals surface area contributed by atoms with E-state index < -0.39 is 29.8 Å². The van der Waals surface area contributed by atoms with Gasteiger partial charge in [0.15, 0.2) is 5.69 Å². The number of carboxylic acids is 1. The van der Waals surface area contributed by atoms with Gasteiger partial charge in [0.25, 0.3) is 0 Å². The summed E-state index contributed by atoms with van der Waals surface area (Å²) in [7, 11) is 3.52. The van der Waals surface area contributed by atoms with E-state index in [2.05, 4.69) is 10.3 Å². The van der Waals surface area contributed by atoms with Crippen LogP contribution in [0.1, 0.15) is 54.5 Å². The van der Waals surface area contributed by atoms with Crippen LogP contribution in [0.15, 0.2) is 65.2 Å². The van der Waals surface area contributed by atoms with Crippen LogP contribution >= 0.6 is 0 Å². The van der Waals surface area contributed by atoms with E-state index in [-0.39, 0.29) is 29.7 Å². The zero-order valence-corrected chi connectivity index (χ0v) is 23.2. The normalized spacial score (nSPS) is 12.8. The van der Waals surface area contributed by atoms with Gasteiger partial charge in [0.2, 0.25) is 11.8 Å². The number of benzene rings is 2. The molecule has 2 heterocycles. The SMILES string of the molecule is CCc1oc([C@@H](Cc2cn(C)c3ccccc23)NC(=O)[C@@H](C(=O)ON(C)c2ccccc2)C(C)C)nc1C(=O)O. The number of para-hydroxylation sites is 2. The van der Waals surface area contributed by atoms with Crippen molar-refractivity contribution >= 4 is 34.4 Å². The highest BCUT2D eigenvalue weighted by Crippen LogP contribution is 2.28. The number of carboxylic acid groups (broad SMARTS) is 1. The lowest BCUT2D eigenvalue weighted by molar-refractivity contribution is -0.155. The highest BCUT2D eigenvalue weighted by Gasteiger charge is 2.36. The molecule has 0 fully saturated rings. The molecular weight excluding hydrogens is 512 g/mol. The van der Waals surface area contributed by atoms with Gasteiger partial charge in [0, 0.05) is 44.0 Å². The zero-order valence-electron chi connectivity index (χ0n) is 23.2. The van der Waals surface area contributed by atoms with E-state index in [4.69, 9.17) is 9.25 Å². The van der Waals surface area contributed by atoms with E-state index in [1.54, 1.807) is 40.0 Å². The molecule has 0 aliphatic heterocycles. The summed E-state index contributed by atoms with van der Waals surface area (Å²) in [5, 5.41) is 14.9. The van der Waals surface area contributed by atoms with Crippen LogP contribution < -0.4 is 10.4 Å². The molecular formula is C30H34N4O6. The Labute approximate surface area is 232 Å². The number of hydrogen-bond acceptors (Lipinski definition) is 7. The molecule has 0 saturated carbocycles. The molecule has 0 aliphatic rings. The van der Waals surface area contributed by atoms with Gasteiger partial charge in [0.1, 0.15) is 17.7 Å². The number of aryl methyl sites for hydroxylation is 2. The van der Waals surface area contributed by atoms with Crippen molar-refractivity contribution in [1.82, 2.24) is 14.9 Å². The van der Waals surface area contributed by atoms with Gasteiger partial charge < -0.3 is 24.2 Å². The number of amides is 1. The zero-order chi connectivity index (χ0) is 29.0. The van der Waals surface area contributed by atoms with E-state index in [0.717, 1.165) is 16.5 Å². The number of hydrogen-bond donors (Lipinski definition) is 2. The Bertz CT molecular complexity index is 1510. The predicted octanol–water partition coefficient (Wildman–Crippen LogP) is 4.69. The van der Waals surface area contributed by atoms with E-state index in [9.17, 15) is 19.5 Å². The Morgan fingerprint density at radius 1 is 1.10 bits per heavy atom. The maximum absolute atomic E-state index is 13.7. The molecule has 40 heavy (non-hydrogen) atoms. The third-order valence-electron chi connectivity index (χ3n) is 6.81. The third kappa shape index (κ3) is 6.01. The highest BCUT2D eigenvalue weighted by molar-refractivity contribution is 5.98. The number of fused-ring (bicyclic) bond motifs is 1. The summed E-state index contributed by atoms with van der Waals surface area (Å²) in [4.78, 5) is 48.5. The number of carbonyl (C=O) groups excluding carboxylic acids is 2. The Morgan fingerprint density at radius 3 is 2.40 bits per heavy atom. The first-order valence-corrected chi connectivity index (χ1v) is 13.2. The lowest BCUT2D eigenvalue weighted by atomic mass is 9.94. The molecule has 2 aromatic carbocycles. The Balaban J connectivity index is 1.65. The predicted molar refractivity (Wildman–Crippen MR) is 150 cm³/mol. The molecule has 0 radical (unpaired) electrons. The van der Waals surface area contributed by atoms with Crippen molar-refractivity contribution in [2.75, 3.05) is 12.1 Å². The fourth-order valence-electron chi connectivity index (χ4n) is 4.76. The monoisotopic (exact) mass is 546 g/mol. The largest absolute Gasteiger partial charge is 0.476 e. The lowest BCUT2D eigenvalue weighted by Gasteiger charge is -2.25. The van der Waals surface area contributed by atoms with Crippen LogP contribution in [-0.2, 0) is 34.3 Å². The minimum absolute atomic E-state index is 0.0628. The van der Waals surface area contributed by atoms with Crippen LogP contribution in [0.3, 0.4) is 0 Å².